The van der Waals surface area contributed by atoms with Gasteiger partial charge in [-0.1, -0.05) is 17.8 Å². The normalized spacial score (nSPS) is 19.7. The molecule has 178 valence electrons. The molecule has 1 saturated heterocycles. The number of nitrogens with one attached hydrogen (secondary N) is 1. The molecule has 3 aromatic rings. The summed E-state index contributed by atoms with van der Waals surface area (Å²) in [6.45, 7) is 0. The molecule has 0 radical (unpaired) electrons. The van der Waals surface area contributed by atoms with Crippen LogP contribution in [0.3, 0.4) is 0 Å². The van der Waals surface area contributed by atoms with Gasteiger partial charge in [0.15, 0.2) is 0 Å². The van der Waals surface area contributed by atoms with E-state index in [-0.39, 0.29) is 23.5 Å². The zero-order valence-corrected chi connectivity index (χ0v) is 21.0. The molecule has 0 spiro atoms. The number of carboxylic acids is 1. The third-order valence-electron chi connectivity index (χ3n) is 5.23. The third-order valence-corrected chi connectivity index (χ3v) is 9.38. The van der Waals surface area contributed by atoms with Crippen LogP contribution in [0.25, 0.3) is 10.3 Å². The summed E-state index contributed by atoms with van der Waals surface area (Å²) in [6.07, 6.45) is 4.81. The Labute approximate surface area is 215 Å². The Morgan fingerprint density at radius 2 is 2.11 bits per heavy atom. The first-order valence-corrected chi connectivity index (χ1v) is 13.9. The number of thiophene rings is 1. The van der Waals surface area contributed by atoms with E-state index in [1.807, 2.05) is 17.5 Å². The molecule has 2 amide bonds. The van der Waals surface area contributed by atoms with Crippen molar-refractivity contribution in [1.29, 1.82) is 0 Å². The lowest BCUT2D eigenvalue weighted by Crippen LogP contribution is -2.70. The summed E-state index contributed by atoms with van der Waals surface area (Å²) in [5, 5.41) is 15.7. The molecule has 1 unspecified atom stereocenters. The standard InChI is InChI=1S/C22H16N4O5S4/c27-13-9-15(35-19-16(13)23-4-5-24-19)33-7-3-11-10-34-21-17(20(29)26(21)18(11)22(30)31)25-14(28)8-12-2-1-6-32-12/h1-7,9,17,21H,8,10H2,(H,25,28)(H,30,31)/t17?,21-/m0/s1. The lowest BCUT2D eigenvalue weighted by atomic mass is 10.0. The second-order valence-corrected chi connectivity index (χ2v) is 11.8. The fourth-order valence-corrected chi connectivity index (χ4v) is 7.56. The van der Waals surface area contributed by atoms with Gasteiger partial charge < -0.3 is 10.4 Å². The van der Waals surface area contributed by atoms with Crippen molar-refractivity contribution in [2.75, 3.05) is 5.75 Å². The van der Waals surface area contributed by atoms with Gasteiger partial charge in [0.05, 0.1) is 10.6 Å². The third kappa shape index (κ3) is 4.76. The van der Waals surface area contributed by atoms with E-state index in [4.69, 9.17) is 0 Å². The predicted molar refractivity (Wildman–Crippen MR) is 136 cm³/mol. The molecule has 0 bridgehead atoms. The number of thioether (sulfide) groups is 2. The Morgan fingerprint density at radius 1 is 1.29 bits per heavy atom. The SMILES string of the molecule is O=C(Cc1cccs1)NC1C(=O)N2C(C(=O)O)=C(C=CSc3cc(=O)c4nccnc4s3)CS[C@@H]12. The summed E-state index contributed by atoms with van der Waals surface area (Å²) in [5.41, 5.74) is 0.472. The number of rotatable bonds is 7. The molecule has 13 heteroatoms. The smallest absolute Gasteiger partial charge is 0.352 e. The maximum atomic E-state index is 12.8. The van der Waals surface area contributed by atoms with Crippen molar-refractivity contribution in [3.8, 4) is 0 Å². The second-order valence-electron chi connectivity index (χ2n) is 7.45. The van der Waals surface area contributed by atoms with Crippen molar-refractivity contribution in [3.63, 3.8) is 0 Å². The van der Waals surface area contributed by atoms with Gasteiger partial charge in [-0.2, -0.15) is 0 Å². The highest BCUT2D eigenvalue weighted by Crippen LogP contribution is 2.41. The average Bonchev–Trinajstić information content (AvgIpc) is 3.35. The van der Waals surface area contributed by atoms with Crippen LogP contribution in [0.5, 0.6) is 0 Å². The maximum Gasteiger partial charge on any atom is 0.352 e. The number of hydrogen-bond donors (Lipinski definition) is 2. The molecular weight excluding hydrogens is 529 g/mol. The van der Waals surface area contributed by atoms with Gasteiger partial charge in [-0.25, -0.2) is 14.8 Å². The van der Waals surface area contributed by atoms with Crippen molar-refractivity contribution in [2.45, 2.75) is 22.0 Å². The average molecular weight is 545 g/mol. The highest BCUT2D eigenvalue weighted by molar-refractivity contribution is 8.04. The number of allylic oxidation sites excluding steroid dienone is 1. The monoisotopic (exact) mass is 544 g/mol. The van der Waals surface area contributed by atoms with Gasteiger partial charge in [0, 0.05) is 29.1 Å². The molecule has 2 aliphatic rings. The molecule has 0 aromatic carbocycles. The van der Waals surface area contributed by atoms with Gasteiger partial charge in [-0.05, 0) is 28.5 Å². The van der Waals surface area contributed by atoms with Gasteiger partial charge >= 0.3 is 5.97 Å². The van der Waals surface area contributed by atoms with E-state index in [2.05, 4.69) is 15.3 Å². The van der Waals surface area contributed by atoms with Crippen LogP contribution < -0.4 is 10.7 Å². The minimum Gasteiger partial charge on any atom is -0.477 e. The molecule has 1 fully saturated rings. The van der Waals surface area contributed by atoms with E-state index in [1.54, 1.807) is 11.5 Å². The molecule has 5 rings (SSSR count). The lowest BCUT2D eigenvalue weighted by molar-refractivity contribution is -0.150. The van der Waals surface area contributed by atoms with E-state index in [9.17, 15) is 24.3 Å². The van der Waals surface area contributed by atoms with Gasteiger partial charge in [0.1, 0.15) is 27.5 Å². The second kappa shape index (κ2) is 9.93. The number of carboxylic acid groups (broad SMARTS) is 1. The molecule has 2 N–H and O–H groups in total. The summed E-state index contributed by atoms with van der Waals surface area (Å²) < 4.78 is 0.687. The van der Waals surface area contributed by atoms with E-state index in [0.717, 1.165) is 4.88 Å². The van der Waals surface area contributed by atoms with Crippen molar-refractivity contribution >= 4 is 74.3 Å². The zero-order chi connectivity index (χ0) is 24.5. The van der Waals surface area contributed by atoms with Crippen LogP contribution in [0.2, 0.25) is 0 Å². The first kappa shape index (κ1) is 23.7. The van der Waals surface area contributed by atoms with E-state index in [1.165, 1.54) is 69.6 Å². The highest BCUT2D eigenvalue weighted by atomic mass is 32.2. The zero-order valence-electron chi connectivity index (χ0n) is 17.7. The van der Waals surface area contributed by atoms with E-state index >= 15 is 0 Å². The number of amides is 2. The maximum absolute atomic E-state index is 12.8. The van der Waals surface area contributed by atoms with Crippen molar-refractivity contribution in [2.24, 2.45) is 0 Å². The molecule has 2 atom stereocenters. The first-order valence-electron chi connectivity index (χ1n) is 10.2. The molecule has 9 nitrogen and oxygen atoms in total. The molecule has 0 saturated carbocycles. The highest BCUT2D eigenvalue weighted by Gasteiger charge is 2.53. The topological polar surface area (TPSA) is 130 Å². The Kier molecular flexibility index (Phi) is 6.73. The molecule has 3 aromatic heterocycles. The molecule has 35 heavy (non-hydrogen) atoms. The summed E-state index contributed by atoms with van der Waals surface area (Å²) in [7, 11) is 0. The number of carbonyl (C=O) groups excluding carboxylic acids is 2. The Hall–Kier alpha value is -3.00. The van der Waals surface area contributed by atoms with Crippen LogP contribution in [0.15, 0.2) is 67.7 Å². The van der Waals surface area contributed by atoms with Crippen LogP contribution in [-0.4, -0.2) is 54.9 Å². The fraction of sp³-hybridized carbons (Fsp3) is 0.182. The van der Waals surface area contributed by atoms with Gasteiger partial charge in [0.25, 0.3) is 5.91 Å². The number of aliphatic carboxylic acids is 1. The van der Waals surface area contributed by atoms with Crippen molar-refractivity contribution in [3.05, 3.63) is 73.8 Å². The summed E-state index contributed by atoms with van der Waals surface area (Å²) in [4.78, 5) is 60.2. The van der Waals surface area contributed by atoms with Gasteiger partial charge in [-0.3, -0.25) is 19.3 Å². The van der Waals surface area contributed by atoms with E-state index < -0.39 is 23.3 Å². The van der Waals surface area contributed by atoms with Crippen LogP contribution in [0, 0.1) is 0 Å². The fourth-order valence-electron chi connectivity index (χ4n) is 3.68. The predicted octanol–water partition coefficient (Wildman–Crippen LogP) is 2.70. The Bertz CT molecular complexity index is 1450. The number of carbonyl (C=O) groups is 3. The number of aromatic nitrogens is 2. The largest absolute Gasteiger partial charge is 0.477 e. The molecule has 2 aliphatic heterocycles. The summed E-state index contributed by atoms with van der Waals surface area (Å²) in [6, 6.07) is 4.42. The van der Waals surface area contributed by atoms with Gasteiger partial charge in [0.2, 0.25) is 11.3 Å². The van der Waals surface area contributed by atoms with E-state index in [0.29, 0.717) is 25.9 Å². The van der Waals surface area contributed by atoms with Crippen LogP contribution in [-0.2, 0) is 20.8 Å². The quantitative estimate of drug-likeness (QED) is 0.341. The lowest BCUT2D eigenvalue weighted by Gasteiger charge is -2.49. The summed E-state index contributed by atoms with van der Waals surface area (Å²) >= 11 is 5.43. The van der Waals surface area contributed by atoms with Crippen LogP contribution in [0.1, 0.15) is 4.88 Å². The number of fused-ring (bicyclic) bond motifs is 2. The number of hydrogen-bond acceptors (Lipinski definition) is 10. The van der Waals surface area contributed by atoms with Crippen LogP contribution in [0.4, 0.5) is 0 Å². The minimum absolute atomic E-state index is 0.0862. The Balaban J connectivity index is 1.30. The molecule has 5 heterocycles. The molecule has 0 aliphatic carbocycles. The van der Waals surface area contributed by atoms with Gasteiger partial charge in [-0.15, -0.1) is 34.4 Å². The van der Waals surface area contributed by atoms with Crippen LogP contribution >= 0.6 is 46.2 Å². The van der Waals surface area contributed by atoms with Crippen molar-refractivity contribution in [1.82, 2.24) is 20.2 Å². The number of β-lactam (4-membered cyclic amide) rings is 1. The summed E-state index contributed by atoms with van der Waals surface area (Å²) in [5.74, 6) is -1.55. The Morgan fingerprint density at radius 3 is 2.89 bits per heavy atom. The molecular formula is C22H16N4O5S4. The number of nitrogens with zero attached hydrogens (tertiary/aromatic N) is 3. The first-order chi connectivity index (χ1) is 16.9. The minimum atomic E-state index is -1.21. The van der Waals surface area contributed by atoms with Crippen molar-refractivity contribution < 1.29 is 19.5 Å².